The number of methoxy groups -OCH3 is 1. The van der Waals surface area contributed by atoms with Gasteiger partial charge in [-0.2, -0.15) is 0 Å². The second kappa shape index (κ2) is 13.9. The number of nitrogens with one attached hydrogen (secondary N) is 1. The van der Waals surface area contributed by atoms with Crippen LogP contribution in [0.3, 0.4) is 0 Å². The van der Waals surface area contributed by atoms with Crippen LogP contribution < -0.4 is 5.32 Å². The minimum absolute atomic E-state index is 0.260. The molecule has 1 aromatic carbocycles. The number of rotatable bonds is 14. The first kappa shape index (κ1) is 26.7. The summed E-state index contributed by atoms with van der Waals surface area (Å²) in [5.41, 5.74) is -0.618. The van der Waals surface area contributed by atoms with Crippen LogP contribution in [0.1, 0.15) is 76.6 Å². The van der Waals surface area contributed by atoms with Crippen LogP contribution in [0.5, 0.6) is 0 Å². The number of ether oxygens (including phenoxy) is 1. The van der Waals surface area contributed by atoms with E-state index in [1.165, 1.54) is 58.9 Å². The number of unbranched alkanes of at least 4 members (excludes halogenated alkanes) is 3. The van der Waals surface area contributed by atoms with Gasteiger partial charge in [0.25, 0.3) is 0 Å². The second-order valence-corrected chi connectivity index (χ2v) is 21.5. The van der Waals surface area contributed by atoms with Crippen molar-refractivity contribution in [3.63, 3.8) is 0 Å². The zero-order chi connectivity index (χ0) is 22.5. The van der Waals surface area contributed by atoms with Crippen molar-refractivity contribution in [3.05, 3.63) is 46.1 Å². The Kier molecular flexibility index (Phi) is 12.4. The first-order valence-electron chi connectivity index (χ1n) is 11.5. The van der Waals surface area contributed by atoms with Crippen molar-refractivity contribution >= 4 is 30.3 Å². The molecule has 0 spiro atoms. The maximum atomic E-state index is 12.8. The van der Waals surface area contributed by atoms with E-state index < -0.39 is 29.9 Å². The van der Waals surface area contributed by atoms with Gasteiger partial charge in [0, 0.05) is 0 Å². The molecule has 4 nitrogen and oxygen atoms in total. The molecule has 1 amide bonds. The molecule has 168 valence electrons. The van der Waals surface area contributed by atoms with E-state index in [-0.39, 0.29) is 5.91 Å². The number of hydrogen-bond donors (Lipinski definition) is 1. The van der Waals surface area contributed by atoms with E-state index in [2.05, 4.69) is 30.2 Å². The van der Waals surface area contributed by atoms with Gasteiger partial charge in [-0.15, -0.1) is 0 Å². The van der Waals surface area contributed by atoms with Gasteiger partial charge in [-0.1, -0.05) is 0 Å². The molecule has 1 atom stereocenters. The Morgan fingerprint density at radius 3 is 1.90 bits per heavy atom. The molecule has 0 radical (unpaired) electrons. The van der Waals surface area contributed by atoms with Crippen LogP contribution in [0.4, 0.5) is 0 Å². The van der Waals surface area contributed by atoms with Gasteiger partial charge in [0.15, 0.2) is 0 Å². The molecule has 0 aliphatic rings. The topological polar surface area (TPSA) is 55.4 Å². The number of esters is 1. The summed E-state index contributed by atoms with van der Waals surface area (Å²) in [6, 6.07) is 9.02. The monoisotopic (exact) mass is 523 g/mol. The van der Waals surface area contributed by atoms with Crippen LogP contribution in [0.2, 0.25) is 13.3 Å². The third kappa shape index (κ3) is 8.44. The van der Waals surface area contributed by atoms with Crippen molar-refractivity contribution < 1.29 is 14.3 Å². The Morgan fingerprint density at radius 1 is 0.967 bits per heavy atom. The third-order valence-corrected chi connectivity index (χ3v) is 19.9. The van der Waals surface area contributed by atoms with Gasteiger partial charge in [-0.3, -0.25) is 0 Å². The SMILES string of the molecule is CCC[CH2][Sn](/[CH]=C/[C@@](C)(NC(=O)c1ccccc1)C(=O)OC)([CH2]CCC)[CH2]CCC. The van der Waals surface area contributed by atoms with E-state index in [4.69, 9.17) is 4.74 Å². The van der Waals surface area contributed by atoms with Crippen LogP contribution in [0.15, 0.2) is 40.5 Å². The number of carbonyl (C=O) groups is 2. The van der Waals surface area contributed by atoms with E-state index in [1.54, 1.807) is 19.1 Å². The molecule has 5 heteroatoms. The van der Waals surface area contributed by atoms with Gasteiger partial charge >= 0.3 is 188 Å². The predicted octanol–water partition coefficient (Wildman–Crippen LogP) is 6.29. The van der Waals surface area contributed by atoms with Crippen LogP contribution in [-0.2, 0) is 9.53 Å². The van der Waals surface area contributed by atoms with E-state index in [1.807, 2.05) is 24.3 Å². The Bertz CT molecular complexity index is 652. The first-order valence-corrected chi connectivity index (χ1v) is 19.2. The molecule has 1 rings (SSSR count). The second-order valence-electron chi connectivity index (χ2n) is 8.52. The number of hydrogen-bond acceptors (Lipinski definition) is 3. The molecule has 0 aliphatic heterocycles. The summed E-state index contributed by atoms with van der Waals surface area (Å²) >= 11 is -2.59. The van der Waals surface area contributed by atoms with Crippen LogP contribution in [0.25, 0.3) is 0 Å². The molecule has 30 heavy (non-hydrogen) atoms. The summed E-state index contributed by atoms with van der Waals surface area (Å²) in [4.78, 5) is 25.5. The number of carbonyl (C=O) groups excluding carboxylic acids is 2. The number of amides is 1. The Hall–Kier alpha value is -1.30. The van der Waals surface area contributed by atoms with Crippen LogP contribution in [-0.4, -0.2) is 42.9 Å². The zero-order valence-corrected chi connectivity index (χ0v) is 22.5. The molecule has 1 N–H and O–H groups in total. The summed E-state index contributed by atoms with van der Waals surface area (Å²) in [5, 5.41) is 2.93. The maximum absolute atomic E-state index is 12.8. The average molecular weight is 522 g/mol. The quantitative estimate of drug-likeness (QED) is 0.231. The molecular weight excluding hydrogens is 481 g/mol. The van der Waals surface area contributed by atoms with E-state index in [0.29, 0.717) is 5.56 Å². The third-order valence-electron chi connectivity index (χ3n) is 5.87. The molecule has 1 aromatic rings. The van der Waals surface area contributed by atoms with Crippen molar-refractivity contribution in [1.29, 1.82) is 0 Å². The molecule has 0 saturated carbocycles. The fourth-order valence-electron chi connectivity index (χ4n) is 3.83. The van der Waals surface area contributed by atoms with Crippen molar-refractivity contribution in [2.75, 3.05) is 7.11 Å². The molecule has 0 heterocycles. The van der Waals surface area contributed by atoms with Gasteiger partial charge in [0.05, 0.1) is 0 Å². The predicted molar refractivity (Wildman–Crippen MR) is 128 cm³/mol. The van der Waals surface area contributed by atoms with E-state index in [0.717, 1.165) is 0 Å². The fourth-order valence-corrected chi connectivity index (χ4v) is 18.4. The molecule has 0 aromatic heterocycles. The van der Waals surface area contributed by atoms with Crippen molar-refractivity contribution in [1.82, 2.24) is 5.32 Å². The minimum atomic E-state index is -2.59. The van der Waals surface area contributed by atoms with Crippen LogP contribution >= 0.6 is 0 Å². The van der Waals surface area contributed by atoms with Gasteiger partial charge < -0.3 is 0 Å². The first-order chi connectivity index (χ1) is 14.4. The Balaban J connectivity index is 3.22. The Morgan fingerprint density at radius 2 is 1.47 bits per heavy atom. The van der Waals surface area contributed by atoms with Gasteiger partial charge in [0.1, 0.15) is 0 Å². The summed E-state index contributed by atoms with van der Waals surface area (Å²) in [5.74, 6) is -0.686. The summed E-state index contributed by atoms with van der Waals surface area (Å²) < 4.78 is 11.4. The fraction of sp³-hybridized carbons (Fsp3) is 0.600. The van der Waals surface area contributed by atoms with Gasteiger partial charge in [-0.05, 0) is 0 Å². The average Bonchev–Trinajstić information content (AvgIpc) is 2.78. The summed E-state index contributed by atoms with van der Waals surface area (Å²) in [6.45, 7) is 8.50. The molecule has 0 aliphatic carbocycles. The van der Waals surface area contributed by atoms with Crippen molar-refractivity contribution in [3.8, 4) is 0 Å². The van der Waals surface area contributed by atoms with E-state index in [9.17, 15) is 9.59 Å². The summed E-state index contributed by atoms with van der Waals surface area (Å²) in [7, 11) is 1.38. The van der Waals surface area contributed by atoms with Crippen LogP contribution in [0, 0.1) is 0 Å². The molecule has 0 fully saturated rings. The molecule has 0 saturated heterocycles. The number of benzene rings is 1. The van der Waals surface area contributed by atoms with Gasteiger partial charge in [-0.25, -0.2) is 0 Å². The summed E-state index contributed by atoms with van der Waals surface area (Å²) in [6.07, 6.45) is 9.31. The normalized spacial score (nSPS) is 13.8. The van der Waals surface area contributed by atoms with E-state index >= 15 is 0 Å². The molecule has 0 unspecified atom stereocenters. The zero-order valence-electron chi connectivity index (χ0n) is 19.6. The van der Waals surface area contributed by atoms with Crippen molar-refractivity contribution in [2.45, 2.75) is 85.1 Å². The standard InChI is InChI=1S/C13H14NO3.3C4H9.Sn/c1-4-13(2,12(16)17-3)14-11(15)10-8-6-5-7-9-10;3*1-3-4-2;/h1,4-9H,2-3H3,(H,14,15);3*1,3-4H2,2H3;/t13-;;;;/m1..../s1. The van der Waals surface area contributed by atoms with Crippen molar-refractivity contribution in [2.24, 2.45) is 0 Å². The molecule has 0 bridgehead atoms. The molecular formula is C25H41NO3Sn. The van der Waals surface area contributed by atoms with Gasteiger partial charge in [0.2, 0.25) is 0 Å². The Labute approximate surface area is 187 Å².